The monoisotopic (exact) mass is 323 g/mol. The van der Waals surface area contributed by atoms with Gasteiger partial charge in [-0.15, -0.1) is 0 Å². The Morgan fingerprint density at radius 2 is 1.84 bits per heavy atom. The fourth-order valence-electron chi connectivity index (χ4n) is 3.37. The van der Waals surface area contributed by atoms with Gasteiger partial charge in [-0.05, 0) is 30.5 Å². The van der Waals surface area contributed by atoms with Crippen LogP contribution in [0.15, 0.2) is 28.7 Å². The first-order chi connectivity index (χ1) is 9.27. The topological polar surface area (TPSA) is 21.3 Å². The Morgan fingerprint density at radius 1 is 1.11 bits per heavy atom. The fourth-order valence-corrected chi connectivity index (χ4v) is 3.63. The van der Waals surface area contributed by atoms with Crippen molar-refractivity contribution in [1.29, 1.82) is 0 Å². The Hall–Kier alpha value is -0.380. The molecule has 2 fully saturated rings. The van der Waals surface area contributed by atoms with E-state index in [4.69, 9.17) is 4.74 Å². The van der Waals surface area contributed by atoms with E-state index in [1.807, 2.05) is 0 Å². The normalized spacial score (nSPS) is 27.1. The summed E-state index contributed by atoms with van der Waals surface area (Å²) in [6, 6.07) is 8.52. The number of hydrogen-bond donors (Lipinski definition) is 1. The van der Waals surface area contributed by atoms with Crippen molar-refractivity contribution in [3.63, 3.8) is 0 Å². The van der Waals surface area contributed by atoms with E-state index in [-0.39, 0.29) is 6.10 Å². The number of ether oxygens (including phenoxy) is 1. The summed E-state index contributed by atoms with van der Waals surface area (Å²) >= 11 is 3.49. The van der Waals surface area contributed by atoms with E-state index in [0.29, 0.717) is 5.41 Å². The van der Waals surface area contributed by atoms with Crippen LogP contribution in [-0.4, -0.2) is 19.7 Å². The van der Waals surface area contributed by atoms with E-state index < -0.39 is 0 Å². The second kappa shape index (κ2) is 5.94. The zero-order valence-corrected chi connectivity index (χ0v) is 12.9. The Labute approximate surface area is 124 Å². The van der Waals surface area contributed by atoms with Crippen LogP contribution in [0.4, 0.5) is 0 Å². The summed E-state index contributed by atoms with van der Waals surface area (Å²) < 4.78 is 7.37. The van der Waals surface area contributed by atoms with E-state index in [2.05, 4.69) is 45.5 Å². The van der Waals surface area contributed by atoms with Crippen LogP contribution < -0.4 is 5.32 Å². The molecule has 0 aromatic heterocycles. The lowest BCUT2D eigenvalue weighted by atomic mass is 9.74. The summed E-state index contributed by atoms with van der Waals surface area (Å²) in [6.07, 6.45) is 6.99. The Kier molecular flexibility index (Phi) is 4.25. The SMILES string of the molecule is Brc1ccc(C2CNCC3(CCCCC3)CO2)cc1. The lowest BCUT2D eigenvalue weighted by Gasteiger charge is -2.35. The molecule has 1 atom stereocenters. The van der Waals surface area contributed by atoms with Gasteiger partial charge in [0, 0.05) is 23.0 Å². The minimum Gasteiger partial charge on any atom is -0.372 e. The van der Waals surface area contributed by atoms with Gasteiger partial charge in [0.25, 0.3) is 0 Å². The Morgan fingerprint density at radius 3 is 2.58 bits per heavy atom. The first-order valence-electron chi connectivity index (χ1n) is 7.35. The maximum Gasteiger partial charge on any atom is 0.0949 e. The van der Waals surface area contributed by atoms with Gasteiger partial charge < -0.3 is 10.1 Å². The molecular formula is C16H22BrNO. The average molecular weight is 324 g/mol. The fraction of sp³-hybridized carbons (Fsp3) is 0.625. The van der Waals surface area contributed by atoms with Crippen molar-refractivity contribution in [2.24, 2.45) is 5.41 Å². The number of hydrogen-bond acceptors (Lipinski definition) is 2. The molecule has 2 aliphatic rings. The highest BCUT2D eigenvalue weighted by atomic mass is 79.9. The summed E-state index contributed by atoms with van der Waals surface area (Å²) in [6.45, 7) is 2.98. The molecule has 1 aliphatic heterocycles. The number of nitrogens with one attached hydrogen (secondary N) is 1. The minimum atomic E-state index is 0.203. The molecule has 1 aliphatic carbocycles. The molecule has 1 heterocycles. The molecule has 3 rings (SSSR count). The lowest BCUT2D eigenvalue weighted by Crippen LogP contribution is -2.37. The van der Waals surface area contributed by atoms with Gasteiger partial charge in [-0.3, -0.25) is 0 Å². The van der Waals surface area contributed by atoms with E-state index in [0.717, 1.165) is 24.2 Å². The summed E-state index contributed by atoms with van der Waals surface area (Å²) in [4.78, 5) is 0. The molecule has 1 N–H and O–H groups in total. The molecule has 1 unspecified atom stereocenters. The van der Waals surface area contributed by atoms with Crippen molar-refractivity contribution in [1.82, 2.24) is 5.32 Å². The molecule has 1 aromatic carbocycles. The van der Waals surface area contributed by atoms with Crippen LogP contribution in [0.1, 0.15) is 43.8 Å². The van der Waals surface area contributed by atoms with Crippen molar-refractivity contribution in [3.8, 4) is 0 Å². The smallest absolute Gasteiger partial charge is 0.0949 e. The van der Waals surface area contributed by atoms with Crippen LogP contribution in [0, 0.1) is 5.41 Å². The van der Waals surface area contributed by atoms with E-state index in [9.17, 15) is 0 Å². The molecule has 19 heavy (non-hydrogen) atoms. The third kappa shape index (κ3) is 3.21. The van der Waals surface area contributed by atoms with Crippen LogP contribution in [0.2, 0.25) is 0 Å². The van der Waals surface area contributed by atoms with Crippen LogP contribution in [0.3, 0.4) is 0 Å². The standard InChI is InChI=1S/C16H22BrNO/c17-14-6-4-13(5-7-14)15-10-18-11-16(12-19-15)8-2-1-3-9-16/h4-7,15,18H,1-3,8-12H2. The maximum absolute atomic E-state index is 6.24. The first-order valence-corrected chi connectivity index (χ1v) is 8.15. The highest BCUT2D eigenvalue weighted by Crippen LogP contribution is 2.38. The highest BCUT2D eigenvalue weighted by Gasteiger charge is 2.35. The van der Waals surface area contributed by atoms with Crippen molar-refractivity contribution >= 4 is 15.9 Å². The molecule has 0 bridgehead atoms. The zero-order valence-electron chi connectivity index (χ0n) is 11.3. The van der Waals surface area contributed by atoms with Crippen molar-refractivity contribution in [3.05, 3.63) is 34.3 Å². The Bertz CT molecular complexity index is 411. The van der Waals surface area contributed by atoms with Gasteiger partial charge in [0.1, 0.15) is 0 Å². The molecule has 1 saturated heterocycles. The van der Waals surface area contributed by atoms with E-state index >= 15 is 0 Å². The third-order valence-electron chi connectivity index (χ3n) is 4.58. The number of benzene rings is 1. The predicted molar refractivity (Wildman–Crippen MR) is 81.2 cm³/mol. The van der Waals surface area contributed by atoms with Gasteiger partial charge in [0.15, 0.2) is 0 Å². The first kappa shape index (κ1) is 13.6. The van der Waals surface area contributed by atoms with E-state index in [1.54, 1.807) is 0 Å². The van der Waals surface area contributed by atoms with Crippen LogP contribution in [0.5, 0.6) is 0 Å². The Balaban J connectivity index is 1.68. The molecular weight excluding hydrogens is 302 g/mol. The molecule has 0 amide bonds. The molecule has 1 aromatic rings. The number of halogens is 1. The molecule has 3 heteroatoms. The predicted octanol–water partition coefficient (Wildman–Crippen LogP) is 4.06. The quantitative estimate of drug-likeness (QED) is 0.841. The second-order valence-electron chi connectivity index (χ2n) is 6.04. The summed E-state index contributed by atoms with van der Waals surface area (Å²) in [5, 5.41) is 3.63. The summed E-state index contributed by atoms with van der Waals surface area (Å²) in [5.41, 5.74) is 1.69. The van der Waals surface area contributed by atoms with Crippen LogP contribution in [-0.2, 0) is 4.74 Å². The highest BCUT2D eigenvalue weighted by molar-refractivity contribution is 9.10. The van der Waals surface area contributed by atoms with Crippen LogP contribution >= 0.6 is 15.9 Å². The van der Waals surface area contributed by atoms with Crippen molar-refractivity contribution < 1.29 is 4.74 Å². The van der Waals surface area contributed by atoms with Gasteiger partial charge in [0.2, 0.25) is 0 Å². The van der Waals surface area contributed by atoms with E-state index in [1.165, 1.54) is 37.7 Å². The lowest BCUT2D eigenvalue weighted by molar-refractivity contribution is -0.00141. The summed E-state index contributed by atoms with van der Waals surface area (Å²) in [5.74, 6) is 0. The molecule has 1 spiro atoms. The van der Waals surface area contributed by atoms with Crippen molar-refractivity contribution in [2.45, 2.75) is 38.2 Å². The maximum atomic E-state index is 6.24. The zero-order chi connectivity index (χ0) is 13.1. The van der Waals surface area contributed by atoms with Crippen molar-refractivity contribution in [2.75, 3.05) is 19.7 Å². The largest absolute Gasteiger partial charge is 0.372 e. The van der Waals surface area contributed by atoms with Gasteiger partial charge in [0.05, 0.1) is 12.7 Å². The van der Waals surface area contributed by atoms with Gasteiger partial charge in [-0.2, -0.15) is 0 Å². The second-order valence-corrected chi connectivity index (χ2v) is 6.96. The van der Waals surface area contributed by atoms with Gasteiger partial charge >= 0.3 is 0 Å². The molecule has 104 valence electrons. The minimum absolute atomic E-state index is 0.203. The summed E-state index contributed by atoms with van der Waals surface area (Å²) in [7, 11) is 0. The molecule has 2 nitrogen and oxygen atoms in total. The molecule has 0 radical (unpaired) electrons. The van der Waals surface area contributed by atoms with Gasteiger partial charge in [-0.1, -0.05) is 47.3 Å². The van der Waals surface area contributed by atoms with Gasteiger partial charge in [-0.25, -0.2) is 0 Å². The van der Waals surface area contributed by atoms with Crippen LogP contribution in [0.25, 0.3) is 0 Å². The number of rotatable bonds is 1. The third-order valence-corrected chi connectivity index (χ3v) is 5.11. The molecule has 1 saturated carbocycles. The average Bonchev–Trinajstić information content (AvgIpc) is 2.64.